The van der Waals surface area contributed by atoms with Gasteiger partial charge in [0.25, 0.3) is 0 Å². The molecule has 0 amide bonds. The summed E-state index contributed by atoms with van der Waals surface area (Å²) in [5.74, 6) is 0.418. The Labute approximate surface area is 112 Å². The molecular formula is C13H14B2F3N. The average molecular weight is 263 g/mol. The van der Waals surface area contributed by atoms with Gasteiger partial charge < -0.3 is 0 Å². The van der Waals surface area contributed by atoms with E-state index in [-0.39, 0.29) is 0 Å². The summed E-state index contributed by atoms with van der Waals surface area (Å²) in [5.41, 5.74) is 1.43. The molecule has 0 N–H and O–H groups in total. The van der Waals surface area contributed by atoms with Crippen molar-refractivity contribution in [3.8, 4) is 0 Å². The van der Waals surface area contributed by atoms with E-state index >= 15 is 0 Å². The zero-order valence-corrected chi connectivity index (χ0v) is 11.0. The van der Waals surface area contributed by atoms with Gasteiger partial charge >= 0.3 is 111 Å². The second-order valence-corrected chi connectivity index (χ2v) is 5.11. The summed E-state index contributed by atoms with van der Waals surface area (Å²) < 4.78 is 37.3. The molecule has 1 aliphatic rings. The summed E-state index contributed by atoms with van der Waals surface area (Å²) in [4.78, 5) is 4.34. The van der Waals surface area contributed by atoms with Crippen LogP contribution in [0.25, 0.3) is 0 Å². The van der Waals surface area contributed by atoms with E-state index in [1.165, 1.54) is 12.1 Å². The normalized spacial score (nSPS) is 14.8. The van der Waals surface area contributed by atoms with Gasteiger partial charge in [0.2, 0.25) is 0 Å². The molecular weight excluding hydrogens is 249 g/mol. The predicted molar refractivity (Wildman–Crippen MR) is 75.3 cm³/mol. The minimum absolute atomic E-state index is 0.418. The van der Waals surface area contributed by atoms with Crippen molar-refractivity contribution in [1.29, 1.82) is 0 Å². The van der Waals surface area contributed by atoms with Crippen LogP contribution >= 0.6 is 0 Å². The second-order valence-electron chi connectivity index (χ2n) is 5.11. The first kappa shape index (κ1) is 14.1. The van der Waals surface area contributed by atoms with Crippen LogP contribution in [0.15, 0.2) is 29.2 Å². The third kappa shape index (κ3) is 3.58. The molecule has 0 aromatic heterocycles. The number of benzene rings is 1. The second kappa shape index (κ2) is 5.35. The summed E-state index contributed by atoms with van der Waals surface area (Å²) >= 11 is 0. The topological polar surface area (TPSA) is 12.4 Å². The van der Waals surface area contributed by atoms with Crippen LogP contribution in [0.1, 0.15) is 25.0 Å². The van der Waals surface area contributed by atoms with Crippen molar-refractivity contribution in [3.05, 3.63) is 35.4 Å². The number of rotatable bonds is 3. The van der Waals surface area contributed by atoms with Crippen molar-refractivity contribution in [1.82, 2.24) is 0 Å². The van der Waals surface area contributed by atoms with Crippen molar-refractivity contribution in [2.24, 2.45) is 10.8 Å². The minimum atomic E-state index is -4.26. The predicted octanol–water partition coefficient (Wildman–Crippen LogP) is 2.50. The van der Waals surface area contributed by atoms with E-state index in [1.54, 1.807) is 0 Å². The molecule has 1 nitrogen and oxygen atoms in total. The number of hydrogen-bond donors (Lipinski definition) is 0. The number of nitrogens with zero attached hydrogens (tertiary/aromatic N) is 1. The Kier molecular flexibility index (Phi) is 3.97. The Balaban J connectivity index is 1.99. The quantitative estimate of drug-likeness (QED) is 0.743. The molecule has 0 saturated heterocycles. The summed E-state index contributed by atoms with van der Waals surface area (Å²) in [6.07, 6.45) is -3.60. The third-order valence-corrected chi connectivity index (χ3v) is 3.20. The van der Waals surface area contributed by atoms with E-state index < -0.39 is 11.7 Å². The fourth-order valence-electron chi connectivity index (χ4n) is 2.03. The monoisotopic (exact) mass is 263 g/mol. The molecule has 0 saturated carbocycles. The standard InChI is InChI=1S/C13H14B2F3N/c1-8(2)12-14-11(15-19-12)7-9-3-5-10(6-4-9)13(16,17)18/h3-6,8,14H,7H2,1-2H3. The Bertz CT molecular complexity index is 516. The zero-order chi connectivity index (χ0) is 14.0. The summed E-state index contributed by atoms with van der Waals surface area (Å²) in [6.45, 7) is 4.18. The Morgan fingerprint density at radius 3 is 2.32 bits per heavy atom. The molecule has 1 aliphatic heterocycles. The number of alkyl halides is 3. The van der Waals surface area contributed by atoms with Crippen LogP contribution in [0.3, 0.4) is 0 Å². The molecule has 1 heterocycles. The molecule has 1 aromatic carbocycles. The number of hydrogen-bond acceptors (Lipinski definition) is 1. The molecule has 0 aliphatic carbocycles. The van der Waals surface area contributed by atoms with Gasteiger partial charge in [0.1, 0.15) is 0 Å². The van der Waals surface area contributed by atoms with Crippen molar-refractivity contribution >= 4 is 25.3 Å². The first-order valence-corrected chi connectivity index (χ1v) is 6.27. The van der Waals surface area contributed by atoms with Gasteiger partial charge in [-0.05, 0) is 0 Å². The van der Waals surface area contributed by atoms with Gasteiger partial charge in [0.05, 0.1) is 0 Å². The van der Waals surface area contributed by atoms with Crippen molar-refractivity contribution < 1.29 is 13.2 Å². The Morgan fingerprint density at radius 2 is 1.84 bits per heavy atom. The van der Waals surface area contributed by atoms with Gasteiger partial charge in [-0.25, -0.2) is 0 Å². The van der Waals surface area contributed by atoms with Gasteiger partial charge in [0.15, 0.2) is 0 Å². The maximum absolute atomic E-state index is 12.4. The SMILES string of the molecule is CC(C)C1=NB=C(Cc2ccc(C(F)(F)F)cc2)B1. The molecule has 0 fully saturated rings. The average Bonchev–Trinajstić information content (AvgIpc) is 2.77. The van der Waals surface area contributed by atoms with Gasteiger partial charge in [-0.15, -0.1) is 0 Å². The van der Waals surface area contributed by atoms with Crippen LogP contribution < -0.4 is 0 Å². The third-order valence-electron chi connectivity index (χ3n) is 3.20. The molecule has 98 valence electrons. The van der Waals surface area contributed by atoms with Crippen LogP contribution in [-0.4, -0.2) is 25.3 Å². The van der Waals surface area contributed by atoms with Crippen LogP contribution in [0.5, 0.6) is 0 Å². The van der Waals surface area contributed by atoms with Gasteiger partial charge in [-0.1, -0.05) is 0 Å². The molecule has 0 unspecified atom stereocenters. The van der Waals surface area contributed by atoms with E-state index in [0.29, 0.717) is 12.3 Å². The van der Waals surface area contributed by atoms with Gasteiger partial charge in [0, 0.05) is 0 Å². The molecule has 6 heteroatoms. The van der Waals surface area contributed by atoms with Crippen LogP contribution in [-0.2, 0) is 12.6 Å². The van der Waals surface area contributed by atoms with Crippen LogP contribution in [0, 0.1) is 5.92 Å². The fourth-order valence-corrected chi connectivity index (χ4v) is 2.03. The van der Waals surface area contributed by atoms with E-state index in [9.17, 15) is 13.2 Å². The molecule has 0 spiro atoms. The van der Waals surface area contributed by atoms with E-state index in [2.05, 4.69) is 18.8 Å². The van der Waals surface area contributed by atoms with Crippen molar-refractivity contribution in [2.45, 2.75) is 26.4 Å². The Morgan fingerprint density at radius 1 is 1.21 bits per heavy atom. The summed E-state index contributed by atoms with van der Waals surface area (Å²) in [7, 11) is 2.67. The van der Waals surface area contributed by atoms with E-state index in [1.807, 2.05) is 7.06 Å². The fraction of sp³-hybridized carbons (Fsp3) is 0.385. The molecule has 0 bridgehead atoms. The van der Waals surface area contributed by atoms with Gasteiger partial charge in [-0.2, -0.15) is 0 Å². The van der Waals surface area contributed by atoms with Crippen molar-refractivity contribution in [3.63, 3.8) is 0 Å². The van der Waals surface area contributed by atoms with Crippen LogP contribution in [0.4, 0.5) is 13.2 Å². The summed E-state index contributed by atoms with van der Waals surface area (Å²) in [6, 6.07) is 5.35. The van der Waals surface area contributed by atoms with Gasteiger partial charge in [-0.3, -0.25) is 0 Å². The van der Waals surface area contributed by atoms with Crippen LogP contribution in [0.2, 0.25) is 0 Å². The molecule has 0 radical (unpaired) electrons. The first-order chi connectivity index (χ1) is 8.86. The molecule has 0 atom stereocenters. The zero-order valence-electron chi connectivity index (χ0n) is 11.0. The molecule has 2 rings (SSSR count). The van der Waals surface area contributed by atoms with E-state index in [0.717, 1.165) is 35.9 Å². The molecule has 19 heavy (non-hydrogen) atoms. The Hall–Kier alpha value is -1.32. The number of halogens is 3. The molecule has 1 aromatic rings. The maximum atomic E-state index is 12.4. The first-order valence-electron chi connectivity index (χ1n) is 6.27. The van der Waals surface area contributed by atoms with E-state index in [4.69, 9.17) is 0 Å². The van der Waals surface area contributed by atoms with Crippen molar-refractivity contribution in [2.75, 3.05) is 0 Å². The summed E-state index contributed by atoms with van der Waals surface area (Å²) in [5, 5.41) is 1.16.